The monoisotopic (exact) mass is 339 g/mol. The molecule has 0 atom stereocenters. The van der Waals surface area contributed by atoms with E-state index in [1.807, 2.05) is 36.5 Å². The van der Waals surface area contributed by atoms with E-state index in [-0.39, 0.29) is 0 Å². The summed E-state index contributed by atoms with van der Waals surface area (Å²) >= 11 is 0. The summed E-state index contributed by atoms with van der Waals surface area (Å²) in [6, 6.07) is 11.7. The fourth-order valence-corrected chi connectivity index (χ4v) is 3.45. The zero-order valence-corrected chi connectivity index (χ0v) is 13.9. The quantitative estimate of drug-likeness (QED) is 0.873. The topological polar surface area (TPSA) is 71.9 Å². The molecular weight excluding hydrogens is 318 g/mol. The van der Waals surface area contributed by atoms with E-state index in [9.17, 15) is 9.90 Å². The van der Waals surface area contributed by atoms with Gasteiger partial charge in [-0.15, -0.1) is 0 Å². The van der Waals surface area contributed by atoms with Crippen LogP contribution < -0.4 is 20.0 Å². The molecule has 2 N–H and O–H groups in total. The Hall–Kier alpha value is -2.80. The number of hydrogen-bond donors (Lipinski definition) is 2. The number of nitrogens with one attached hydrogen (secondary N) is 1. The minimum absolute atomic E-state index is 0.424. The molecule has 0 spiro atoms. The third-order valence-corrected chi connectivity index (χ3v) is 4.73. The summed E-state index contributed by atoms with van der Waals surface area (Å²) < 4.78 is 0. The maximum atomic E-state index is 11.5. The number of fused-ring (bicyclic) bond motifs is 1. The first-order valence-electron chi connectivity index (χ1n) is 8.53. The van der Waals surface area contributed by atoms with E-state index in [4.69, 9.17) is 0 Å². The van der Waals surface area contributed by atoms with Gasteiger partial charge >= 0.3 is 6.09 Å². The van der Waals surface area contributed by atoms with Crippen LogP contribution in [0.2, 0.25) is 0 Å². The van der Waals surface area contributed by atoms with E-state index in [1.54, 1.807) is 0 Å². The second-order valence-corrected chi connectivity index (χ2v) is 6.19. The molecule has 7 nitrogen and oxygen atoms in total. The number of rotatable bonds is 2. The second-order valence-electron chi connectivity index (χ2n) is 6.19. The van der Waals surface area contributed by atoms with Crippen molar-refractivity contribution in [2.24, 2.45) is 0 Å². The molecule has 0 unspecified atom stereocenters. The highest BCUT2D eigenvalue weighted by Gasteiger charge is 2.27. The molecule has 0 saturated carbocycles. The molecule has 1 aromatic carbocycles. The summed E-state index contributed by atoms with van der Waals surface area (Å²) in [6.07, 6.45) is 0.987. The summed E-state index contributed by atoms with van der Waals surface area (Å²) in [5, 5.41) is 12.8. The molecule has 2 aliphatic heterocycles. The van der Waals surface area contributed by atoms with Gasteiger partial charge in [0.2, 0.25) is 0 Å². The highest BCUT2D eigenvalue weighted by Crippen LogP contribution is 2.37. The van der Waals surface area contributed by atoms with E-state index in [1.165, 1.54) is 4.90 Å². The summed E-state index contributed by atoms with van der Waals surface area (Å²) in [5.41, 5.74) is 2.70. The van der Waals surface area contributed by atoms with Gasteiger partial charge < -0.3 is 20.2 Å². The second kappa shape index (κ2) is 6.60. The molecule has 1 saturated heterocycles. The van der Waals surface area contributed by atoms with Crippen LogP contribution in [0, 0.1) is 0 Å². The van der Waals surface area contributed by atoms with Gasteiger partial charge in [-0.05, 0) is 24.3 Å². The Morgan fingerprint density at radius 2 is 1.76 bits per heavy atom. The van der Waals surface area contributed by atoms with Crippen molar-refractivity contribution in [2.75, 3.05) is 54.0 Å². The van der Waals surface area contributed by atoms with Crippen LogP contribution >= 0.6 is 0 Å². The first-order valence-corrected chi connectivity index (χ1v) is 8.53. The summed E-state index contributed by atoms with van der Waals surface area (Å²) in [5.74, 6) is 0.844. The van der Waals surface area contributed by atoms with Crippen LogP contribution in [0.25, 0.3) is 0 Å². The van der Waals surface area contributed by atoms with Gasteiger partial charge in [-0.3, -0.25) is 4.90 Å². The number of carbonyl (C=O) groups is 1. The van der Waals surface area contributed by atoms with Crippen LogP contribution in [0.1, 0.15) is 0 Å². The van der Waals surface area contributed by atoms with Crippen LogP contribution in [0.5, 0.6) is 0 Å². The van der Waals surface area contributed by atoms with Gasteiger partial charge in [0.25, 0.3) is 0 Å². The Kier molecular flexibility index (Phi) is 4.15. The standard InChI is InChI=1S/C18H21N5O2/c24-18(25)23-12-11-22(15-3-1-2-4-16(15)23)17-6-5-14(13-20-17)21-9-7-19-8-10-21/h1-6,13,19H,7-12H2,(H,24,25). The summed E-state index contributed by atoms with van der Waals surface area (Å²) in [6.45, 7) is 4.97. The smallest absolute Gasteiger partial charge is 0.411 e. The van der Waals surface area contributed by atoms with Crippen molar-refractivity contribution in [3.05, 3.63) is 42.6 Å². The van der Waals surface area contributed by atoms with E-state index < -0.39 is 6.09 Å². The zero-order valence-electron chi connectivity index (χ0n) is 13.9. The first-order chi connectivity index (χ1) is 12.2. The molecule has 3 heterocycles. The van der Waals surface area contributed by atoms with Gasteiger partial charge in [0, 0.05) is 39.3 Å². The molecule has 0 bridgehead atoms. The van der Waals surface area contributed by atoms with Crippen molar-refractivity contribution in [1.29, 1.82) is 0 Å². The highest BCUT2D eigenvalue weighted by molar-refractivity contribution is 5.93. The minimum Gasteiger partial charge on any atom is -0.465 e. The molecule has 0 aliphatic carbocycles. The molecule has 4 rings (SSSR count). The number of aromatic nitrogens is 1. The summed E-state index contributed by atoms with van der Waals surface area (Å²) in [7, 11) is 0. The summed E-state index contributed by atoms with van der Waals surface area (Å²) in [4.78, 5) is 21.9. The molecule has 1 fully saturated rings. The molecule has 2 aromatic rings. The number of anilines is 4. The fraction of sp³-hybridized carbons (Fsp3) is 0.333. The van der Waals surface area contributed by atoms with Crippen LogP contribution in [0.3, 0.4) is 0 Å². The van der Waals surface area contributed by atoms with Crippen molar-refractivity contribution < 1.29 is 9.90 Å². The first kappa shape index (κ1) is 15.7. The zero-order chi connectivity index (χ0) is 17.2. The lowest BCUT2D eigenvalue weighted by atomic mass is 10.1. The van der Waals surface area contributed by atoms with E-state index >= 15 is 0 Å². The lowest BCUT2D eigenvalue weighted by Gasteiger charge is -2.36. The third kappa shape index (κ3) is 2.98. The average Bonchev–Trinajstić information content (AvgIpc) is 2.68. The predicted octanol–water partition coefficient (Wildman–Crippen LogP) is 2.13. The van der Waals surface area contributed by atoms with Gasteiger partial charge in [0.1, 0.15) is 5.82 Å². The number of pyridine rings is 1. The Morgan fingerprint density at radius 3 is 2.44 bits per heavy atom. The van der Waals surface area contributed by atoms with Gasteiger partial charge in [-0.2, -0.15) is 0 Å². The highest BCUT2D eigenvalue weighted by atomic mass is 16.4. The largest absolute Gasteiger partial charge is 0.465 e. The number of amides is 1. The molecular formula is C18H21N5O2. The van der Waals surface area contributed by atoms with Crippen molar-refractivity contribution >= 4 is 29.0 Å². The maximum absolute atomic E-state index is 11.5. The molecule has 0 radical (unpaired) electrons. The predicted molar refractivity (Wildman–Crippen MR) is 98.1 cm³/mol. The minimum atomic E-state index is -0.922. The average molecular weight is 339 g/mol. The normalized spacial score (nSPS) is 17.4. The number of carboxylic acid groups (broad SMARTS) is 1. The van der Waals surface area contributed by atoms with Gasteiger partial charge in [-0.25, -0.2) is 9.78 Å². The molecule has 130 valence electrons. The fourth-order valence-electron chi connectivity index (χ4n) is 3.45. The maximum Gasteiger partial charge on any atom is 0.411 e. The molecule has 1 amide bonds. The van der Waals surface area contributed by atoms with Gasteiger partial charge in [-0.1, -0.05) is 12.1 Å². The van der Waals surface area contributed by atoms with Crippen LogP contribution in [0.15, 0.2) is 42.6 Å². The van der Waals surface area contributed by atoms with Gasteiger partial charge in [0.15, 0.2) is 0 Å². The number of nitrogens with zero attached hydrogens (tertiary/aromatic N) is 4. The Bertz CT molecular complexity index is 758. The number of piperazine rings is 1. The van der Waals surface area contributed by atoms with Crippen LogP contribution in [-0.2, 0) is 0 Å². The van der Waals surface area contributed by atoms with Crippen molar-refractivity contribution in [1.82, 2.24) is 10.3 Å². The van der Waals surface area contributed by atoms with E-state index in [0.29, 0.717) is 18.8 Å². The molecule has 1 aromatic heterocycles. The lowest BCUT2D eigenvalue weighted by molar-refractivity contribution is 0.201. The lowest BCUT2D eigenvalue weighted by Crippen LogP contribution is -2.43. The molecule has 2 aliphatic rings. The van der Waals surface area contributed by atoms with Crippen LogP contribution in [0.4, 0.5) is 27.7 Å². The molecule has 25 heavy (non-hydrogen) atoms. The Labute approximate surface area is 146 Å². The number of benzene rings is 1. The van der Waals surface area contributed by atoms with Crippen LogP contribution in [-0.4, -0.2) is 55.5 Å². The van der Waals surface area contributed by atoms with Gasteiger partial charge in [0.05, 0.1) is 23.3 Å². The Balaban J connectivity index is 1.61. The van der Waals surface area contributed by atoms with Crippen molar-refractivity contribution in [3.8, 4) is 0 Å². The Morgan fingerprint density at radius 1 is 1.00 bits per heavy atom. The molecule has 7 heteroatoms. The number of para-hydroxylation sites is 2. The van der Waals surface area contributed by atoms with Crippen molar-refractivity contribution in [2.45, 2.75) is 0 Å². The SMILES string of the molecule is O=C(O)N1CCN(c2ccc(N3CCNCC3)cn2)c2ccccc21. The third-order valence-electron chi connectivity index (χ3n) is 4.73. The van der Waals surface area contributed by atoms with E-state index in [2.05, 4.69) is 26.2 Å². The number of hydrogen-bond acceptors (Lipinski definition) is 5. The van der Waals surface area contributed by atoms with E-state index in [0.717, 1.165) is 43.4 Å². The van der Waals surface area contributed by atoms with Crippen molar-refractivity contribution in [3.63, 3.8) is 0 Å².